The number of halogens is 1. The van der Waals surface area contributed by atoms with Crippen LogP contribution in [0.1, 0.15) is 26.2 Å². The van der Waals surface area contributed by atoms with E-state index in [0.717, 1.165) is 12.8 Å². The van der Waals surface area contributed by atoms with Gasteiger partial charge in [-0.05, 0) is 19.3 Å². The molecule has 1 aliphatic rings. The molecule has 5 heteroatoms. The van der Waals surface area contributed by atoms with Crippen LogP contribution in [0.15, 0.2) is 0 Å². The van der Waals surface area contributed by atoms with E-state index < -0.39 is 0 Å². The van der Waals surface area contributed by atoms with Gasteiger partial charge in [-0.25, -0.2) is 0 Å². The van der Waals surface area contributed by atoms with Gasteiger partial charge in [0.05, 0.1) is 17.9 Å². The number of carbonyl (C=O) groups is 2. The van der Waals surface area contributed by atoms with E-state index in [4.69, 9.17) is 4.74 Å². The molecule has 1 aliphatic carbocycles. The molecule has 0 amide bonds. The number of hydrogen-bond acceptors (Lipinski definition) is 4. The summed E-state index contributed by atoms with van der Waals surface area (Å²) in [5.41, 5.74) is 0. The van der Waals surface area contributed by atoms with E-state index in [0.29, 0.717) is 6.42 Å². The summed E-state index contributed by atoms with van der Waals surface area (Å²) in [6, 6.07) is 0. The van der Waals surface area contributed by atoms with Crippen LogP contribution in [0.2, 0.25) is 0 Å². The van der Waals surface area contributed by atoms with Crippen molar-refractivity contribution in [1.29, 1.82) is 0 Å². The van der Waals surface area contributed by atoms with Crippen molar-refractivity contribution < 1.29 is 19.1 Å². The minimum atomic E-state index is -0.310. The first-order chi connectivity index (χ1) is 7.04. The lowest BCUT2D eigenvalue weighted by atomic mass is 9.87. The molecule has 1 saturated carbocycles. The van der Waals surface area contributed by atoms with Crippen molar-refractivity contribution in [3.8, 4) is 0 Å². The third-order valence-electron chi connectivity index (χ3n) is 2.56. The lowest BCUT2D eigenvalue weighted by molar-refractivity contribution is -0.155. The first kappa shape index (κ1) is 12.5. The molecule has 15 heavy (non-hydrogen) atoms. The van der Waals surface area contributed by atoms with Crippen molar-refractivity contribution in [2.24, 2.45) is 5.92 Å². The van der Waals surface area contributed by atoms with Crippen LogP contribution in [-0.2, 0) is 19.1 Å². The normalized spacial score (nSPS) is 30.7. The van der Waals surface area contributed by atoms with Crippen LogP contribution >= 0.6 is 15.9 Å². The van der Waals surface area contributed by atoms with E-state index in [2.05, 4.69) is 20.7 Å². The van der Waals surface area contributed by atoms with Gasteiger partial charge in [-0.2, -0.15) is 0 Å². The summed E-state index contributed by atoms with van der Waals surface area (Å²) in [7, 11) is 1.38. The van der Waals surface area contributed by atoms with Gasteiger partial charge in [0.1, 0.15) is 6.10 Å². The lowest BCUT2D eigenvalue weighted by Crippen LogP contribution is -2.36. The van der Waals surface area contributed by atoms with Crippen LogP contribution in [0, 0.1) is 5.92 Å². The van der Waals surface area contributed by atoms with Crippen molar-refractivity contribution in [3.63, 3.8) is 0 Å². The quantitative estimate of drug-likeness (QED) is 0.569. The SMILES string of the molecule is COC(=O)[C@H]1CC[C@@H](Br)[C@@H](OC(C)=O)C1. The molecule has 1 rings (SSSR count). The Morgan fingerprint density at radius 3 is 2.53 bits per heavy atom. The summed E-state index contributed by atoms with van der Waals surface area (Å²) in [6.07, 6.45) is 1.92. The molecule has 4 nitrogen and oxygen atoms in total. The standard InChI is InChI=1S/C10H15BrO4/c1-6(12)15-9-5-7(10(13)14-2)3-4-8(9)11/h7-9H,3-5H2,1-2H3/t7-,8+,9-/m0/s1. The molecule has 1 fully saturated rings. The van der Waals surface area contributed by atoms with Gasteiger partial charge in [-0.15, -0.1) is 0 Å². The molecule has 0 aromatic rings. The van der Waals surface area contributed by atoms with Gasteiger partial charge in [0.25, 0.3) is 0 Å². The Kier molecular flexibility index (Phi) is 4.57. The molecular weight excluding hydrogens is 264 g/mol. The molecular formula is C10H15BrO4. The molecule has 3 atom stereocenters. The van der Waals surface area contributed by atoms with E-state index in [1.54, 1.807) is 0 Å². The third kappa shape index (κ3) is 3.48. The molecule has 0 N–H and O–H groups in total. The summed E-state index contributed by atoms with van der Waals surface area (Å²) in [4.78, 5) is 22.3. The van der Waals surface area contributed by atoms with Crippen LogP contribution in [0.3, 0.4) is 0 Å². The summed E-state index contributed by atoms with van der Waals surface area (Å²) in [5, 5.41) is 0. The highest BCUT2D eigenvalue weighted by molar-refractivity contribution is 9.09. The van der Waals surface area contributed by atoms with Gasteiger partial charge in [0.15, 0.2) is 0 Å². The van der Waals surface area contributed by atoms with E-state index in [-0.39, 0.29) is 28.8 Å². The fourth-order valence-corrected chi connectivity index (χ4v) is 2.40. The average molecular weight is 279 g/mol. The Morgan fingerprint density at radius 2 is 2.00 bits per heavy atom. The second-order valence-corrected chi connectivity index (χ2v) is 4.87. The van der Waals surface area contributed by atoms with E-state index in [1.165, 1.54) is 14.0 Å². The van der Waals surface area contributed by atoms with E-state index in [9.17, 15) is 9.59 Å². The maximum Gasteiger partial charge on any atom is 0.308 e. The van der Waals surface area contributed by atoms with Crippen molar-refractivity contribution in [1.82, 2.24) is 0 Å². The molecule has 0 saturated heterocycles. The van der Waals surface area contributed by atoms with Gasteiger partial charge in [-0.1, -0.05) is 15.9 Å². The van der Waals surface area contributed by atoms with Crippen molar-refractivity contribution in [2.75, 3.05) is 7.11 Å². The Hall–Kier alpha value is -0.580. The van der Waals surface area contributed by atoms with Gasteiger partial charge < -0.3 is 9.47 Å². The van der Waals surface area contributed by atoms with Crippen molar-refractivity contribution in [2.45, 2.75) is 37.1 Å². The summed E-state index contributed by atoms with van der Waals surface area (Å²) in [5.74, 6) is -0.672. The zero-order valence-corrected chi connectivity index (χ0v) is 10.5. The predicted octanol–water partition coefficient (Wildman–Crippen LogP) is 1.65. The number of esters is 2. The molecule has 0 aromatic carbocycles. The van der Waals surface area contributed by atoms with Crippen LogP contribution < -0.4 is 0 Å². The maximum atomic E-state index is 11.3. The van der Waals surface area contributed by atoms with Crippen LogP contribution in [0.5, 0.6) is 0 Å². The Labute approximate surface area is 97.4 Å². The molecule has 0 unspecified atom stereocenters. The molecule has 0 bridgehead atoms. The number of alkyl halides is 1. The summed E-state index contributed by atoms with van der Waals surface area (Å²) < 4.78 is 9.82. The Morgan fingerprint density at radius 1 is 1.33 bits per heavy atom. The monoisotopic (exact) mass is 278 g/mol. The molecule has 0 aromatic heterocycles. The van der Waals surface area contributed by atoms with Gasteiger partial charge in [0, 0.05) is 6.92 Å². The van der Waals surface area contributed by atoms with Crippen LogP contribution in [0.25, 0.3) is 0 Å². The minimum Gasteiger partial charge on any atom is -0.469 e. The molecule has 0 spiro atoms. The molecule has 0 heterocycles. The first-order valence-corrected chi connectivity index (χ1v) is 5.85. The fourth-order valence-electron chi connectivity index (χ4n) is 1.81. The maximum absolute atomic E-state index is 11.3. The highest BCUT2D eigenvalue weighted by atomic mass is 79.9. The smallest absolute Gasteiger partial charge is 0.308 e. The largest absolute Gasteiger partial charge is 0.469 e. The first-order valence-electron chi connectivity index (χ1n) is 4.93. The minimum absolute atomic E-state index is 0.141. The van der Waals surface area contributed by atoms with Gasteiger partial charge >= 0.3 is 11.9 Å². The second-order valence-electron chi connectivity index (χ2n) is 3.70. The van der Waals surface area contributed by atoms with Crippen LogP contribution in [-0.4, -0.2) is 30.0 Å². The van der Waals surface area contributed by atoms with Crippen molar-refractivity contribution >= 4 is 27.9 Å². The molecule has 0 radical (unpaired) electrons. The summed E-state index contributed by atoms with van der Waals surface area (Å²) >= 11 is 3.45. The number of carbonyl (C=O) groups excluding carboxylic acids is 2. The zero-order valence-electron chi connectivity index (χ0n) is 8.86. The molecule has 86 valence electrons. The number of methoxy groups -OCH3 is 1. The number of hydrogen-bond donors (Lipinski definition) is 0. The van der Waals surface area contributed by atoms with Gasteiger partial charge in [-0.3, -0.25) is 9.59 Å². The average Bonchev–Trinajstić information content (AvgIpc) is 2.19. The van der Waals surface area contributed by atoms with Gasteiger partial charge in [0.2, 0.25) is 0 Å². The summed E-state index contributed by atoms with van der Waals surface area (Å²) in [6.45, 7) is 1.38. The highest BCUT2D eigenvalue weighted by Crippen LogP contribution is 2.31. The number of ether oxygens (including phenoxy) is 2. The Bertz CT molecular complexity index is 254. The van der Waals surface area contributed by atoms with Crippen molar-refractivity contribution in [3.05, 3.63) is 0 Å². The number of rotatable bonds is 2. The highest BCUT2D eigenvalue weighted by Gasteiger charge is 2.34. The topological polar surface area (TPSA) is 52.6 Å². The fraction of sp³-hybridized carbons (Fsp3) is 0.800. The van der Waals surface area contributed by atoms with E-state index >= 15 is 0 Å². The van der Waals surface area contributed by atoms with E-state index in [1.807, 2.05) is 0 Å². The lowest BCUT2D eigenvalue weighted by Gasteiger charge is -2.31. The predicted molar refractivity (Wildman–Crippen MR) is 57.6 cm³/mol. The zero-order chi connectivity index (χ0) is 11.4. The Balaban J connectivity index is 2.55. The van der Waals surface area contributed by atoms with Crippen LogP contribution in [0.4, 0.5) is 0 Å². The molecule has 0 aliphatic heterocycles. The second kappa shape index (κ2) is 5.49. The third-order valence-corrected chi connectivity index (χ3v) is 3.61.